The highest BCUT2D eigenvalue weighted by atomic mass is 127. The molecule has 0 heterocycles. The van der Waals surface area contributed by atoms with Crippen LogP contribution < -0.4 is 10.6 Å². The van der Waals surface area contributed by atoms with Gasteiger partial charge in [-0.15, -0.1) is 24.0 Å². The van der Waals surface area contributed by atoms with E-state index in [9.17, 15) is 13.5 Å². The molecule has 0 aromatic rings. The number of aliphatic hydroxyl groups is 1. The quantitative estimate of drug-likeness (QED) is 0.255. The first kappa shape index (κ1) is 26.1. The molecule has 0 aromatic heterocycles. The van der Waals surface area contributed by atoms with Gasteiger partial charge < -0.3 is 15.7 Å². The monoisotopic (exact) mass is 477 g/mol. The molecular formula is C16H36IN3O3S. The van der Waals surface area contributed by atoms with Gasteiger partial charge in [0.05, 0.1) is 16.9 Å². The molecular weight excluding hydrogens is 441 g/mol. The minimum Gasteiger partial charge on any atom is -0.388 e. The zero-order valence-corrected chi connectivity index (χ0v) is 19.1. The van der Waals surface area contributed by atoms with Crippen LogP contribution in [0.15, 0.2) is 4.99 Å². The van der Waals surface area contributed by atoms with Gasteiger partial charge in [0.15, 0.2) is 15.8 Å². The number of hydrogen-bond acceptors (Lipinski definition) is 4. The van der Waals surface area contributed by atoms with Crippen LogP contribution in [0.5, 0.6) is 0 Å². The first-order valence-electron chi connectivity index (χ1n) is 8.45. The van der Waals surface area contributed by atoms with E-state index in [0.717, 1.165) is 12.8 Å². The normalized spacial score (nSPS) is 13.4. The largest absolute Gasteiger partial charge is 0.388 e. The second kappa shape index (κ2) is 11.5. The summed E-state index contributed by atoms with van der Waals surface area (Å²) in [6.07, 6.45) is 4.45. The summed E-state index contributed by atoms with van der Waals surface area (Å²) in [6.45, 7) is 10.6. The highest BCUT2D eigenvalue weighted by Gasteiger charge is 2.30. The van der Waals surface area contributed by atoms with E-state index < -0.39 is 20.2 Å². The van der Waals surface area contributed by atoms with Crippen LogP contribution in [0.3, 0.4) is 0 Å². The highest BCUT2D eigenvalue weighted by Crippen LogP contribution is 2.20. The molecule has 8 heteroatoms. The van der Waals surface area contributed by atoms with Crippen molar-refractivity contribution >= 4 is 39.8 Å². The Morgan fingerprint density at radius 2 is 1.58 bits per heavy atom. The van der Waals surface area contributed by atoms with Crippen molar-refractivity contribution in [1.29, 1.82) is 0 Å². The molecule has 0 unspecified atom stereocenters. The number of guanidine groups is 1. The maximum Gasteiger partial charge on any atom is 0.191 e. The number of nitrogens with one attached hydrogen (secondary N) is 2. The number of sulfone groups is 1. The molecule has 0 radical (unpaired) electrons. The molecule has 0 saturated heterocycles. The van der Waals surface area contributed by atoms with Crippen LogP contribution in [0, 0.1) is 0 Å². The molecule has 0 spiro atoms. The Hall–Kier alpha value is -0.0900. The van der Waals surface area contributed by atoms with Crippen molar-refractivity contribution in [2.24, 2.45) is 4.99 Å². The Kier molecular flexibility index (Phi) is 12.5. The molecule has 0 aliphatic carbocycles. The van der Waals surface area contributed by atoms with Crippen LogP contribution in [-0.4, -0.2) is 55.7 Å². The summed E-state index contributed by atoms with van der Waals surface area (Å²) in [4.78, 5) is 4.46. The van der Waals surface area contributed by atoms with Crippen molar-refractivity contribution in [1.82, 2.24) is 10.6 Å². The fourth-order valence-electron chi connectivity index (χ4n) is 2.21. The maximum atomic E-state index is 11.8. The third-order valence-electron chi connectivity index (χ3n) is 3.99. The lowest BCUT2D eigenvalue weighted by Crippen LogP contribution is -2.48. The Bertz CT molecular complexity index is 473. The SMILES string of the molecule is CCCC(O)(CCC)CN=C(NCC)NCC(C)(C)S(C)(=O)=O.I. The van der Waals surface area contributed by atoms with Crippen LogP contribution in [0.4, 0.5) is 0 Å². The van der Waals surface area contributed by atoms with Gasteiger partial charge >= 0.3 is 0 Å². The summed E-state index contributed by atoms with van der Waals surface area (Å²) < 4.78 is 22.7. The molecule has 24 heavy (non-hydrogen) atoms. The Labute approximate surface area is 165 Å². The number of aliphatic imine (C=N–C) groups is 1. The van der Waals surface area contributed by atoms with Crippen molar-refractivity contribution < 1.29 is 13.5 Å². The van der Waals surface area contributed by atoms with Crippen LogP contribution >= 0.6 is 24.0 Å². The van der Waals surface area contributed by atoms with Gasteiger partial charge in [0.2, 0.25) is 0 Å². The first-order chi connectivity index (χ1) is 10.5. The second-order valence-corrected chi connectivity index (χ2v) is 9.45. The maximum absolute atomic E-state index is 11.8. The van der Waals surface area contributed by atoms with Gasteiger partial charge in [-0.05, 0) is 33.6 Å². The van der Waals surface area contributed by atoms with E-state index in [2.05, 4.69) is 15.6 Å². The minimum absolute atomic E-state index is 0. The molecule has 0 atom stereocenters. The lowest BCUT2D eigenvalue weighted by Gasteiger charge is -2.27. The first-order valence-corrected chi connectivity index (χ1v) is 10.3. The van der Waals surface area contributed by atoms with Crippen LogP contribution in [0.25, 0.3) is 0 Å². The molecule has 146 valence electrons. The number of nitrogens with zero attached hydrogens (tertiary/aromatic N) is 1. The number of hydrogen-bond donors (Lipinski definition) is 3. The van der Waals surface area contributed by atoms with Gasteiger partial charge in [-0.2, -0.15) is 0 Å². The van der Waals surface area contributed by atoms with Gasteiger partial charge in [0.1, 0.15) is 0 Å². The molecule has 0 amide bonds. The lowest BCUT2D eigenvalue weighted by molar-refractivity contribution is 0.0306. The van der Waals surface area contributed by atoms with Gasteiger partial charge in [0, 0.05) is 19.3 Å². The molecule has 0 bridgehead atoms. The topological polar surface area (TPSA) is 90.8 Å². The highest BCUT2D eigenvalue weighted by molar-refractivity contribution is 14.0. The Balaban J connectivity index is 0. The van der Waals surface area contributed by atoms with Gasteiger partial charge in [-0.1, -0.05) is 26.7 Å². The molecule has 0 fully saturated rings. The molecule has 6 nitrogen and oxygen atoms in total. The van der Waals surface area contributed by atoms with Gasteiger partial charge in [-0.25, -0.2) is 8.42 Å². The average molecular weight is 477 g/mol. The van der Waals surface area contributed by atoms with Crippen molar-refractivity contribution in [2.75, 3.05) is 25.9 Å². The number of rotatable bonds is 10. The molecule has 0 aromatic carbocycles. The molecule has 0 rings (SSSR count). The summed E-state index contributed by atoms with van der Waals surface area (Å²) in [6, 6.07) is 0. The van der Waals surface area contributed by atoms with Crippen LogP contribution in [-0.2, 0) is 9.84 Å². The van der Waals surface area contributed by atoms with E-state index in [1.807, 2.05) is 20.8 Å². The van der Waals surface area contributed by atoms with E-state index in [0.29, 0.717) is 31.9 Å². The van der Waals surface area contributed by atoms with Gasteiger partial charge in [0.25, 0.3) is 0 Å². The second-order valence-electron chi connectivity index (χ2n) is 6.80. The van der Waals surface area contributed by atoms with E-state index in [4.69, 9.17) is 0 Å². The summed E-state index contributed by atoms with van der Waals surface area (Å²) in [5.41, 5.74) is -0.793. The van der Waals surface area contributed by atoms with E-state index in [1.54, 1.807) is 13.8 Å². The predicted octanol–water partition coefficient (Wildman–Crippen LogP) is 2.31. The Morgan fingerprint density at radius 3 is 1.96 bits per heavy atom. The zero-order valence-electron chi connectivity index (χ0n) is 16.0. The van der Waals surface area contributed by atoms with Crippen molar-refractivity contribution in [3.63, 3.8) is 0 Å². The fourth-order valence-corrected chi connectivity index (χ4v) is 2.54. The smallest absolute Gasteiger partial charge is 0.191 e. The van der Waals surface area contributed by atoms with Crippen molar-refractivity contribution in [3.8, 4) is 0 Å². The average Bonchev–Trinajstić information content (AvgIpc) is 2.41. The molecule has 0 saturated carbocycles. The van der Waals surface area contributed by atoms with Crippen molar-refractivity contribution in [2.45, 2.75) is 70.7 Å². The lowest BCUT2D eigenvalue weighted by atomic mass is 9.93. The van der Waals surface area contributed by atoms with E-state index >= 15 is 0 Å². The van der Waals surface area contributed by atoms with E-state index in [-0.39, 0.29) is 30.5 Å². The standard InChI is InChI=1S/C16H35N3O3S.HI/c1-7-10-16(20,11-8-2)13-19-14(17-9-3)18-12-15(4,5)23(6,21)22;/h20H,7-13H2,1-6H3,(H2,17,18,19);1H. The molecule has 0 aliphatic rings. The summed E-state index contributed by atoms with van der Waals surface area (Å²) in [7, 11) is -3.17. The van der Waals surface area contributed by atoms with Crippen molar-refractivity contribution in [3.05, 3.63) is 0 Å². The van der Waals surface area contributed by atoms with Crippen LogP contribution in [0.1, 0.15) is 60.3 Å². The third-order valence-corrected chi connectivity index (χ3v) is 6.14. The number of halogens is 1. The van der Waals surface area contributed by atoms with Gasteiger partial charge in [-0.3, -0.25) is 4.99 Å². The third kappa shape index (κ3) is 9.41. The van der Waals surface area contributed by atoms with Crippen LogP contribution in [0.2, 0.25) is 0 Å². The molecule has 3 N–H and O–H groups in total. The zero-order chi connectivity index (χ0) is 18.1. The van der Waals surface area contributed by atoms with E-state index in [1.165, 1.54) is 6.26 Å². The minimum atomic E-state index is -3.17. The fraction of sp³-hybridized carbons (Fsp3) is 0.938. The summed E-state index contributed by atoms with van der Waals surface area (Å²) in [5.74, 6) is 0.537. The summed E-state index contributed by atoms with van der Waals surface area (Å²) in [5, 5.41) is 16.8. The summed E-state index contributed by atoms with van der Waals surface area (Å²) >= 11 is 0. The molecule has 0 aliphatic heterocycles. The predicted molar refractivity (Wildman–Crippen MR) is 113 cm³/mol. The Morgan fingerprint density at radius 1 is 1.08 bits per heavy atom.